The van der Waals surface area contributed by atoms with E-state index in [0.29, 0.717) is 16.3 Å². The van der Waals surface area contributed by atoms with Gasteiger partial charge in [0.15, 0.2) is 0 Å². The Morgan fingerprint density at radius 2 is 1.61 bits per heavy atom. The number of hydrogen-bond donors (Lipinski definition) is 2. The van der Waals surface area contributed by atoms with E-state index in [1.165, 1.54) is 11.3 Å². The number of thiophene rings is 1. The van der Waals surface area contributed by atoms with Crippen LogP contribution in [0.2, 0.25) is 0 Å². The van der Waals surface area contributed by atoms with Gasteiger partial charge in [-0.05, 0) is 58.4 Å². The molecule has 0 saturated heterocycles. The standard InChI is InChI=1S/C23H23N5O2S/c1-12-11-18(15(4)28(12)17-9-7-6-8-10-17)21(29)26-27-22(30)20-13(2)19-14(3)24-16(5)25-23(19)31-20/h6-11H,1-5H3,(H,26,29)(H,27,30). The lowest BCUT2D eigenvalue weighted by atomic mass is 10.1. The fourth-order valence-corrected chi connectivity index (χ4v) is 5.07. The van der Waals surface area contributed by atoms with Gasteiger partial charge in [-0.25, -0.2) is 9.97 Å². The molecule has 3 aromatic heterocycles. The van der Waals surface area contributed by atoms with E-state index in [9.17, 15) is 9.59 Å². The van der Waals surface area contributed by atoms with Crippen LogP contribution in [0.25, 0.3) is 15.9 Å². The average molecular weight is 434 g/mol. The van der Waals surface area contributed by atoms with Crippen LogP contribution in [0.15, 0.2) is 36.4 Å². The van der Waals surface area contributed by atoms with Crippen molar-refractivity contribution >= 4 is 33.4 Å². The van der Waals surface area contributed by atoms with Gasteiger partial charge in [0.25, 0.3) is 11.8 Å². The molecular formula is C23H23N5O2S. The van der Waals surface area contributed by atoms with Crippen LogP contribution >= 0.6 is 11.3 Å². The van der Waals surface area contributed by atoms with Crippen molar-refractivity contribution in [3.8, 4) is 5.69 Å². The molecule has 8 heteroatoms. The highest BCUT2D eigenvalue weighted by molar-refractivity contribution is 7.20. The predicted molar refractivity (Wildman–Crippen MR) is 122 cm³/mol. The van der Waals surface area contributed by atoms with Gasteiger partial charge in [0.1, 0.15) is 10.7 Å². The minimum Gasteiger partial charge on any atom is -0.318 e. The summed E-state index contributed by atoms with van der Waals surface area (Å²) in [4.78, 5) is 35.7. The summed E-state index contributed by atoms with van der Waals surface area (Å²) in [5.74, 6) is -0.0720. The van der Waals surface area contributed by atoms with Gasteiger partial charge in [-0.2, -0.15) is 0 Å². The number of fused-ring (bicyclic) bond motifs is 1. The number of hydrogen-bond acceptors (Lipinski definition) is 5. The second kappa shape index (κ2) is 7.96. The monoisotopic (exact) mass is 433 g/mol. The summed E-state index contributed by atoms with van der Waals surface area (Å²) < 4.78 is 2.01. The Balaban J connectivity index is 1.55. The summed E-state index contributed by atoms with van der Waals surface area (Å²) in [6.45, 7) is 9.43. The fourth-order valence-electron chi connectivity index (χ4n) is 3.89. The first-order valence-electron chi connectivity index (χ1n) is 9.87. The van der Waals surface area contributed by atoms with Crippen LogP contribution in [-0.2, 0) is 0 Å². The van der Waals surface area contributed by atoms with E-state index in [4.69, 9.17) is 0 Å². The Morgan fingerprint density at radius 3 is 2.32 bits per heavy atom. The quantitative estimate of drug-likeness (QED) is 0.476. The molecule has 158 valence electrons. The molecule has 0 aliphatic carbocycles. The summed E-state index contributed by atoms with van der Waals surface area (Å²) in [6.07, 6.45) is 0. The zero-order chi connectivity index (χ0) is 22.3. The number of benzene rings is 1. The van der Waals surface area contributed by atoms with Crippen LogP contribution in [0.3, 0.4) is 0 Å². The first kappa shape index (κ1) is 20.7. The second-order valence-corrected chi connectivity index (χ2v) is 8.46. The van der Waals surface area contributed by atoms with Crippen LogP contribution in [0, 0.1) is 34.6 Å². The van der Waals surface area contributed by atoms with E-state index in [1.54, 1.807) is 0 Å². The Labute approximate surface area is 184 Å². The zero-order valence-electron chi connectivity index (χ0n) is 18.0. The molecule has 2 N–H and O–H groups in total. The third-order valence-electron chi connectivity index (χ3n) is 5.27. The lowest BCUT2D eigenvalue weighted by Crippen LogP contribution is -2.41. The van der Waals surface area contributed by atoms with Gasteiger partial charge in [-0.3, -0.25) is 20.4 Å². The van der Waals surface area contributed by atoms with Crippen LogP contribution in [0.4, 0.5) is 0 Å². The number of nitrogens with one attached hydrogen (secondary N) is 2. The van der Waals surface area contributed by atoms with Crippen molar-refractivity contribution < 1.29 is 9.59 Å². The summed E-state index contributed by atoms with van der Waals surface area (Å²) in [6, 6.07) is 11.6. The maximum atomic E-state index is 12.8. The molecule has 31 heavy (non-hydrogen) atoms. The largest absolute Gasteiger partial charge is 0.318 e. The van der Waals surface area contributed by atoms with Crippen molar-refractivity contribution in [3.63, 3.8) is 0 Å². The third kappa shape index (κ3) is 3.70. The lowest BCUT2D eigenvalue weighted by Gasteiger charge is -2.10. The summed E-state index contributed by atoms with van der Waals surface area (Å²) in [5.41, 5.74) is 9.96. The summed E-state index contributed by atoms with van der Waals surface area (Å²) in [7, 11) is 0. The number of rotatable bonds is 3. The number of carbonyl (C=O) groups excluding carboxylic acids is 2. The van der Waals surface area contributed by atoms with Gasteiger partial charge < -0.3 is 4.57 Å². The molecule has 0 atom stereocenters. The molecular weight excluding hydrogens is 410 g/mol. The molecule has 0 fully saturated rings. The molecule has 7 nitrogen and oxygen atoms in total. The Bertz CT molecular complexity index is 1320. The minimum atomic E-state index is -0.372. The molecule has 0 saturated carbocycles. The van der Waals surface area contributed by atoms with Gasteiger partial charge in [0.05, 0.1) is 10.4 Å². The minimum absolute atomic E-state index is 0.366. The predicted octanol–water partition coefficient (Wildman–Crippen LogP) is 4.10. The SMILES string of the molecule is Cc1nc(C)c2c(C)c(C(=O)NNC(=O)c3cc(C)n(-c4ccccc4)c3C)sc2n1. The number of amides is 2. The number of para-hydroxylation sites is 1. The van der Waals surface area contributed by atoms with E-state index in [0.717, 1.165) is 38.5 Å². The van der Waals surface area contributed by atoms with Crippen molar-refractivity contribution in [1.29, 1.82) is 0 Å². The first-order valence-corrected chi connectivity index (χ1v) is 10.7. The van der Waals surface area contributed by atoms with Crippen molar-refractivity contribution in [2.75, 3.05) is 0 Å². The summed E-state index contributed by atoms with van der Waals surface area (Å²) >= 11 is 1.30. The Morgan fingerprint density at radius 1 is 0.935 bits per heavy atom. The lowest BCUT2D eigenvalue weighted by molar-refractivity contribution is 0.0848. The molecule has 1 aromatic carbocycles. The highest BCUT2D eigenvalue weighted by atomic mass is 32.1. The van der Waals surface area contributed by atoms with Gasteiger partial charge in [-0.15, -0.1) is 11.3 Å². The normalized spacial score (nSPS) is 11.0. The molecule has 3 heterocycles. The molecule has 0 aliphatic heterocycles. The van der Waals surface area contributed by atoms with Gasteiger partial charge in [0.2, 0.25) is 0 Å². The topological polar surface area (TPSA) is 88.9 Å². The van der Waals surface area contributed by atoms with Crippen molar-refractivity contribution in [2.24, 2.45) is 0 Å². The highest BCUT2D eigenvalue weighted by Crippen LogP contribution is 2.31. The molecule has 0 radical (unpaired) electrons. The highest BCUT2D eigenvalue weighted by Gasteiger charge is 2.21. The number of hydrazine groups is 1. The van der Waals surface area contributed by atoms with E-state index in [2.05, 4.69) is 20.8 Å². The maximum absolute atomic E-state index is 12.8. The van der Waals surface area contributed by atoms with Crippen molar-refractivity contribution in [3.05, 3.63) is 75.3 Å². The molecule has 4 rings (SSSR count). The number of carbonyl (C=O) groups is 2. The molecule has 2 amide bonds. The van der Waals surface area contributed by atoms with E-state index >= 15 is 0 Å². The third-order valence-corrected chi connectivity index (χ3v) is 6.45. The van der Waals surface area contributed by atoms with E-state index in [-0.39, 0.29) is 11.8 Å². The molecule has 0 aliphatic rings. The van der Waals surface area contributed by atoms with E-state index in [1.807, 2.05) is 75.6 Å². The van der Waals surface area contributed by atoms with Crippen LogP contribution < -0.4 is 10.9 Å². The van der Waals surface area contributed by atoms with Crippen molar-refractivity contribution in [1.82, 2.24) is 25.4 Å². The maximum Gasteiger partial charge on any atom is 0.280 e. The van der Waals surface area contributed by atoms with Crippen LogP contribution in [0.5, 0.6) is 0 Å². The number of aromatic nitrogens is 3. The Kier molecular flexibility index (Phi) is 5.32. The van der Waals surface area contributed by atoms with Crippen molar-refractivity contribution in [2.45, 2.75) is 34.6 Å². The second-order valence-electron chi connectivity index (χ2n) is 7.46. The van der Waals surface area contributed by atoms with Crippen LogP contribution in [0.1, 0.15) is 48.5 Å². The first-order chi connectivity index (χ1) is 14.8. The van der Waals surface area contributed by atoms with Gasteiger partial charge in [0, 0.05) is 28.2 Å². The number of aryl methyl sites for hydroxylation is 4. The zero-order valence-corrected chi connectivity index (χ0v) is 18.8. The van der Waals surface area contributed by atoms with E-state index < -0.39 is 0 Å². The fraction of sp³-hybridized carbons (Fsp3) is 0.217. The summed E-state index contributed by atoms with van der Waals surface area (Å²) in [5, 5.41) is 0.887. The molecule has 0 bridgehead atoms. The van der Waals surface area contributed by atoms with Gasteiger partial charge in [-0.1, -0.05) is 18.2 Å². The van der Waals surface area contributed by atoms with Crippen LogP contribution in [-0.4, -0.2) is 26.3 Å². The average Bonchev–Trinajstić information content (AvgIpc) is 3.22. The molecule has 4 aromatic rings. The van der Waals surface area contributed by atoms with Gasteiger partial charge >= 0.3 is 0 Å². The number of nitrogens with zero attached hydrogens (tertiary/aromatic N) is 3. The Hall–Kier alpha value is -3.52. The molecule has 0 spiro atoms. The molecule has 0 unspecified atom stereocenters. The smallest absolute Gasteiger partial charge is 0.280 e.